The molecule has 1 aliphatic heterocycles. The zero-order valence-electron chi connectivity index (χ0n) is 15.4. The van der Waals surface area contributed by atoms with Gasteiger partial charge in [-0.1, -0.05) is 6.07 Å². The van der Waals surface area contributed by atoms with Gasteiger partial charge in [0, 0.05) is 37.2 Å². The molecule has 1 aliphatic rings. The third-order valence-corrected chi connectivity index (χ3v) is 4.43. The van der Waals surface area contributed by atoms with Gasteiger partial charge in [-0.25, -0.2) is 4.79 Å². The summed E-state index contributed by atoms with van der Waals surface area (Å²) in [5, 5.41) is 5.60. The van der Waals surface area contributed by atoms with E-state index in [-0.39, 0.29) is 24.6 Å². The summed E-state index contributed by atoms with van der Waals surface area (Å²) in [6.45, 7) is 3.08. The van der Waals surface area contributed by atoms with Crippen molar-refractivity contribution < 1.29 is 14.3 Å². The number of carbonyl (C=O) groups excluding carboxylic acids is 2. The van der Waals surface area contributed by atoms with E-state index < -0.39 is 0 Å². The number of likely N-dealkylation sites (N-methyl/N-ethyl adjacent to an activating group) is 1. The van der Waals surface area contributed by atoms with Crippen LogP contribution in [0.2, 0.25) is 0 Å². The highest BCUT2D eigenvalue weighted by molar-refractivity contribution is 5.90. The van der Waals surface area contributed by atoms with Crippen LogP contribution >= 0.6 is 0 Å². The minimum absolute atomic E-state index is 0.0541. The Morgan fingerprint density at radius 2 is 2.07 bits per heavy atom. The van der Waals surface area contributed by atoms with Crippen LogP contribution < -0.4 is 15.4 Å². The Balaban J connectivity index is 1.62. The fourth-order valence-electron chi connectivity index (χ4n) is 3.20. The lowest BCUT2D eigenvalue weighted by Gasteiger charge is -2.25. The van der Waals surface area contributed by atoms with Crippen molar-refractivity contribution in [2.75, 3.05) is 25.0 Å². The molecule has 1 atom stereocenters. The number of hydrogen-bond acceptors (Lipinski definition) is 4. The van der Waals surface area contributed by atoms with Crippen LogP contribution in [0.1, 0.15) is 31.4 Å². The van der Waals surface area contributed by atoms with Crippen molar-refractivity contribution >= 4 is 17.6 Å². The molecular weight excluding hydrogens is 344 g/mol. The number of amides is 3. The Morgan fingerprint density at radius 1 is 1.26 bits per heavy atom. The number of likely N-dealkylation sites (tertiary alicyclic amines) is 1. The summed E-state index contributed by atoms with van der Waals surface area (Å²) in [5.41, 5.74) is 1.73. The van der Waals surface area contributed by atoms with Crippen LogP contribution in [0, 0.1) is 0 Å². The van der Waals surface area contributed by atoms with Gasteiger partial charge in [-0.3, -0.25) is 9.78 Å². The van der Waals surface area contributed by atoms with Gasteiger partial charge in [-0.05, 0) is 49.6 Å². The summed E-state index contributed by atoms with van der Waals surface area (Å²) < 4.78 is 5.47. The number of ether oxygens (including phenoxy) is 1. The smallest absolute Gasteiger partial charge is 0.322 e. The van der Waals surface area contributed by atoms with Crippen molar-refractivity contribution in [1.29, 1.82) is 0 Å². The van der Waals surface area contributed by atoms with Gasteiger partial charge in [0.1, 0.15) is 5.75 Å². The molecule has 7 nitrogen and oxygen atoms in total. The lowest BCUT2D eigenvalue weighted by atomic mass is 10.1. The van der Waals surface area contributed by atoms with Gasteiger partial charge in [-0.15, -0.1) is 0 Å². The molecule has 1 aromatic carbocycles. The lowest BCUT2D eigenvalue weighted by Crippen LogP contribution is -2.34. The van der Waals surface area contributed by atoms with Crippen LogP contribution in [0.15, 0.2) is 48.8 Å². The van der Waals surface area contributed by atoms with Gasteiger partial charge >= 0.3 is 6.03 Å². The van der Waals surface area contributed by atoms with Crippen molar-refractivity contribution in [1.82, 2.24) is 15.2 Å². The van der Waals surface area contributed by atoms with Gasteiger partial charge in [0.2, 0.25) is 0 Å². The Labute approximate surface area is 158 Å². The SMILES string of the molecule is CCNC(=O)COc1cccc(NC(=O)N2CCCC2c2ccncc2)c1. The van der Waals surface area contributed by atoms with E-state index in [0.717, 1.165) is 18.4 Å². The van der Waals surface area contributed by atoms with Gasteiger partial charge in [0.15, 0.2) is 6.61 Å². The highest BCUT2D eigenvalue weighted by Gasteiger charge is 2.29. The first kappa shape index (κ1) is 18.7. The van der Waals surface area contributed by atoms with E-state index in [1.807, 2.05) is 24.0 Å². The summed E-state index contributed by atoms with van der Waals surface area (Å²) >= 11 is 0. The van der Waals surface area contributed by atoms with E-state index in [1.165, 1.54) is 0 Å². The average molecular weight is 368 g/mol. The first-order chi connectivity index (χ1) is 13.2. The molecule has 2 heterocycles. The van der Waals surface area contributed by atoms with Crippen LogP contribution in [0.5, 0.6) is 5.75 Å². The average Bonchev–Trinajstić information content (AvgIpc) is 3.18. The van der Waals surface area contributed by atoms with Gasteiger partial charge in [0.05, 0.1) is 6.04 Å². The van der Waals surface area contributed by atoms with E-state index in [1.54, 1.807) is 36.7 Å². The highest BCUT2D eigenvalue weighted by atomic mass is 16.5. The molecule has 1 unspecified atom stereocenters. The molecule has 142 valence electrons. The van der Waals surface area contributed by atoms with Crippen molar-refractivity contribution in [2.24, 2.45) is 0 Å². The summed E-state index contributed by atoms with van der Waals surface area (Å²) in [5.74, 6) is 0.357. The molecule has 0 spiro atoms. The van der Waals surface area contributed by atoms with Crippen LogP contribution in [0.3, 0.4) is 0 Å². The number of rotatable bonds is 6. The number of anilines is 1. The molecule has 3 rings (SSSR count). The van der Waals surface area contributed by atoms with Crippen molar-refractivity contribution in [2.45, 2.75) is 25.8 Å². The largest absolute Gasteiger partial charge is 0.484 e. The number of hydrogen-bond donors (Lipinski definition) is 2. The molecule has 27 heavy (non-hydrogen) atoms. The predicted molar refractivity (Wildman–Crippen MR) is 103 cm³/mol. The number of aromatic nitrogens is 1. The molecule has 3 amide bonds. The molecule has 2 aromatic rings. The van der Waals surface area contributed by atoms with E-state index in [4.69, 9.17) is 4.74 Å². The maximum absolute atomic E-state index is 12.8. The van der Waals surface area contributed by atoms with Crippen LogP contribution in [-0.4, -0.2) is 41.5 Å². The van der Waals surface area contributed by atoms with Gasteiger partial charge < -0.3 is 20.3 Å². The number of pyridine rings is 1. The molecule has 0 bridgehead atoms. The molecule has 1 fully saturated rings. The third-order valence-electron chi connectivity index (χ3n) is 4.43. The van der Waals surface area contributed by atoms with Crippen molar-refractivity contribution in [3.05, 3.63) is 54.4 Å². The summed E-state index contributed by atoms with van der Waals surface area (Å²) in [6, 6.07) is 10.9. The Kier molecular flexibility index (Phi) is 6.25. The third kappa shape index (κ3) is 4.97. The molecule has 1 saturated heterocycles. The van der Waals surface area contributed by atoms with Gasteiger partial charge in [0.25, 0.3) is 5.91 Å². The first-order valence-electron chi connectivity index (χ1n) is 9.14. The standard InChI is InChI=1S/C20H24N4O3/c1-2-22-19(25)14-27-17-6-3-5-16(13-17)23-20(26)24-12-4-7-18(24)15-8-10-21-11-9-15/h3,5-6,8-11,13,18H,2,4,7,12,14H2,1H3,(H,22,25)(H,23,26). The zero-order valence-corrected chi connectivity index (χ0v) is 15.4. The van der Waals surface area contributed by atoms with Gasteiger partial charge in [-0.2, -0.15) is 0 Å². The number of nitrogens with one attached hydrogen (secondary N) is 2. The summed E-state index contributed by atoms with van der Waals surface area (Å²) in [4.78, 5) is 30.2. The second-order valence-electron chi connectivity index (χ2n) is 6.33. The topological polar surface area (TPSA) is 83.6 Å². The van der Waals surface area contributed by atoms with E-state index in [9.17, 15) is 9.59 Å². The normalized spacial score (nSPS) is 16.0. The minimum atomic E-state index is -0.177. The maximum atomic E-state index is 12.8. The number of carbonyl (C=O) groups is 2. The Morgan fingerprint density at radius 3 is 2.85 bits per heavy atom. The molecule has 2 N–H and O–H groups in total. The maximum Gasteiger partial charge on any atom is 0.322 e. The zero-order chi connectivity index (χ0) is 19.1. The monoisotopic (exact) mass is 368 g/mol. The number of urea groups is 1. The minimum Gasteiger partial charge on any atom is -0.484 e. The fraction of sp³-hybridized carbons (Fsp3) is 0.350. The van der Waals surface area contributed by atoms with Crippen LogP contribution in [0.25, 0.3) is 0 Å². The van der Waals surface area contributed by atoms with Crippen LogP contribution in [0.4, 0.5) is 10.5 Å². The quantitative estimate of drug-likeness (QED) is 0.821. The van der Waals surface area contributed by atoms with Crippen LogP contribution in [-0.2, 0) is 4.79 Å². The fourth-order valence-corrected chi connectivity index (χ4v) is 3.20. The Bertz CT molecular complexity index is 782. The highest BCUT2D eigenvalue weighted by Crippen LogP contribution is 2.32. The molecular formula is C20H24N4O3. The number of nitrogens with zero attached hydrogens (tertiary/aromatic N) is 2. The molecule has 0 saturated carbocycles. The first-order valence-corrected chi connectivity index (χ1v) is 9.14. The molecule has 0 aliphatic carbocycles. The van der Waals surface area contributed by atoms with E-state index >= 15 is 0 Å². The van der Waals surface area contributed by atoms with Crippen molar-refractivity contribution in [3.8, 4) is 5.75 Å². The molecule has 0 radical (unpaired) electrons. The predicted octanol–water partition coefficient (Wildman–Crippen LogP) is 2.97. The Hall–Kier alpha value is -3.09. The lowest BCUT2D eigenvalue weighted by molar-refractivity contribution is -0.122. The molecule has 7 heteroatoms. The number of benzene rings is 1. The van der Waals surface area contributed by atoms with E-state index in [0.29, 0.717) is 24.5 Å². The van der Waals surface area contributed by atoms with E-state index in [2.05, 4.69) is 15.6 Å². The molecule has 1 aromatic heterocycles. The second kappa shape index (κ2) is 9.02. The van der Waals surface area contributed by atoms with Crippen molar-refractivity contribution in [3.63, 3.8) is 0 Å². The summed E-state index contributed by atoms with van der Waals surface area (Å²) in [6.07, 6.45) is 5.40. The second-order valence-corrected chi connectivity index (χ2v) is 6.33. The summed E-state index contributed by atoms with van der Waals surface area (Å²) in [7, 11) is 0.